The van der Waals surface area contributed by atoms with Crippen molar-refractivity contribution >= 4 is 5.84 Å². The van der Waals surface area contributed by atoms with Crippen molar-refractivity contribution in [2.75, 3.05) is 19.7 Å². The van der Waals surface area contributed by atoms with Gasteiger partial charge in [-0.1, -0.05) is 36.3 Å². The normalized spacial score (nSPS) is 17.9. The lowest BCUT2D eigenvalue weighted by molar-refractivity contribution is 0.0792. The average molecular weight is 291 g/mol. The van der Waals surface area contributed by atoms with Gasteiger partial charge in [0.05, 0.1) is 6.10 Å². The molecular formula is C16H25N3O2. The van der Waals surface area contributed by atoms with E-state index in [0.717, 1.165) is 50.0 Å². The van der Waals surface area contributed by atoms with Crippen molar-refractivity contribution < 1.29 is 9.94 Å². The van der Waals surface area contributed by atoms with E-state index in [-0.39, 0.29) is 6.10 Å². The van der Waals surface area contributed by atoms with Crippen molar-refractivity contribution in [3.8, 4) is 0 Å². The van der Waals surface area contributed by atoms with Crippen LogP contribution in [0.3, 0.4) is 0 Å². The summed E-state index contributed by atoms with van der Waals surface area (Å²) in [4.78, 5) is 7.51. The second-order valence-corrected chi connectivity index (χ2v) is 5.47. The summed E-state index contributed by atoms with van der Waals surface area (Å²) < 4.78 is 0. The van der Waals surface area contributed by atoms with E-state index >= 15 is 0 Å². The van der Waals surface area contributed by atoms with Crippen molar-refractivity contribution in [2.45, 2.75) is 38.8 Å². The van der Waals surface area contributed by atoms with Crippen LogP contribution in [0.5, 0.6) is 0 Å². The maximum Gasteiger partial charge on any atom is 0.170 e. The predicted octanol–water partition coefficient (Wildman–Crippen LogP) is 1.69. The third-order valence-electron chi connectivity index (χ3n) is 3.70. The monoisotopic (exact) mass is 291 g/mol. The maximum atomic E-state index is 9.57. The van der Waals surface area contributed by atoms with Gasteiger partial charge in [0, 0.05) is 25.2 Å². The molecule has 5 nitrogen and oxygen atoms in total. The second-order valence-electron chi connectivity index (χ2n) is 5.47. The van der Waals surface area contributed by atoms with Gasteiger partial charge in [0.15, 0.2) is 5.84 Å². The standard InChI is InChI=1S/C16H25N3O2/c1-2-11-21-18-16(17)15-6-4-3-5-13(15)12-19-9-7-14(20)8-10-19/h3-6,14,20H,2,7-12H2,1H3,(H2,17,18). The topological polar surface area (TPSA) is 71.1 Å². The van der Waals surface area contributed by atoms with Gasteiger partial charge in [0.1, 0.15) is 6.61 Å². The molecule has 1 fully saturated rings. The van der Waals surface area contributed by atoms with Crippen molar-refractivity contribution in [1.82, 2.24) is 4.90 Å². The van der Waals surface area contributed by atoms with Gasteiger partial charge < -0.3 is 15.7 Å². The third kappa shape index (κ3) is 4.72. The molecule has 1 heterocycles. The van der Waals surface area contributed by atoms with Gasteiger partial charge in [-0.2, -0.15) is 0 Å². The van der Waals surface area contributed by atoms with Crippen LogP contribution < -0.4 is 5.73 Å². The Balaban J connectivity index is 2.04. The number of nitrogens with zero attached hydrogens (tertiary/aromatic N) is 2. The van der Waals surface area contributed by atoms with Crippen LogP contribution >= 0.6 is 0 Å². The molecule has 0 unspecified atom stereocenters. The molecular weight excluding hydrogens is 266 g/mol. The van der Waals surface area contributed by atoms with E-state index in [1.165, 1.54) is 0 Å². The van der Waals surface area contributed by atoms with Crippen molar-refractivity contribution in [3.05, 3.63) is 35.4 Å². The fraction of sp³-hybridized carbons (Fsp3) is 0.562. The molecule has 5 heteroatoms. The molecule has 116 valence electrons. The SMILES string of the molecule is CCCON=C(N)c1ccccc1CN1CCC(O)CC1. The molecule has 0 atom stereocenters. The van der Waals surface area contributed by atoms with E-state index in [1.54, 1.807) is 0 Å². The van der Waals surface area contributed by atoms with Gasteiger partial charge >= 0.3 is 0 Å². The first-order chi connectivity index (χ1) is 10.2. The van der Waals surface area contributed by atoms with Crippen LogP contribution in [-0.4, -0.2) is 41.6 Å². The fourth-order valence-corrected chi connectivity index (χ4v) is 2.48. The lowest BCUT2D eigenvalue weighted by atomic mass is 10.0. The van der Waals surface area contributed by atoms with Crippen molar-refractivity contribution in [1.29, 1.82) is 0 Å². The Kier molecular flexibility index (Phi) is 6.02. The van der Waals surface area contributed by atoms with E-state index in [1.807, 2.05) is 25.1 Å². The molecule has 0 radical (unpaired) electrons. The number of aliphatic hydroxyl groups is 1. The van der Waals surface area contributed by atoms with Gasteiger partial charge in [-0.25, -0.2) is 0 Å². The molecule has 0 spiro atoms. The fourth-order valence-electron chi connectivity index (χ4n) is 2.48. The van der Waals surface area contributed by atoms with Gasteiger partial charge in [0.25, 0.3) is 0 Å². The van der Waals surface area contributed by atoms with E-state index in [2.05, 4.69) is 16.1 Å². The number of hydrogen-bond acceptors (Lipinski definition) is 4. The second kappa shape index (κ2) is 8.00. The Morgan fingerprint density at radius 2 is 2.10 bits per heavy atom. The largest absolute Gasteiger partial charge is 0.394 e. The zero-order valence-corrected chi connectivity index (χ0v) is 12.7. The molecule has 1 aromatic carbocycles. The van der Waals surface area contributed by atoms with E-state index in [9.17, 15) is 5.11 Å². The lowest BCUT2D eigenvalue weighted by Gasteiger charge is -2.30. The van der Waals surface area contributed by atoms with Crippen LogP contribution in [0.1, 0.15) is 37.3 Å². The molecule has 2 rings (SSSR count). The Bertz CT molecular complexity index is 468. The third-order valence-corrected chi connectivity index (χ3v) is 3.70. The summed E-state index contributed by atoms with van der Waals surface area (Å²) >= 11 is 0. The highest BCUT2D eigenvalue weighted by atomic mass is 16.6. The summed E-state index contributed by atoms with van der Waals surface area (Å²) in [6.07, 6.45) is 2.44. The molecule has 1 aliphatic heterocycles. The lowest BCUT2D eigenvalue weighted by Crippen LogP contribution is -2.35. The summed E-state index contributed by atoms with van der Waals surface area (Å²) in [7, 11) is 0. The van der Waals surface area contributed by atoms with Crippen LogP contribution in [0.4, 0.5) is 0 Å². The first kappa shape index (κ1) is 15.8. The van der Waals surface area contributed by atoms with Gasteiger partial charge in [-0.05, 0) is 24.8 Å². The maximum absolute atomic E-state index is 9.57. The molecule has 1 aromatic rings. The number of rotatable bonds is 6. The minimum absolute atomic E-state index is 0.148. The number of hydrogen-bond donors (Lipinski definition) is 2. The highest BCUT2D eigenvalue weighted by molar-refractivity contribution is 5.98. The zero-order valence-electron chi connectivity index (χ0n) is 12.7. The molecule has 0 bridgehead atoms. The van der Waals surface area contributed by atoms with Crippen molar-refractivity contribution in [2.24, 2.45) is 10.9 Å². The molecule has 0 saturated carbocycles. The molecule has 0 aromatic heterocycles. The summed E-state index contributed by atoms with van der Waals surface area (Å²) in [5, 5.41) is 13.6. The smallest absolute Gasteiger partial charge is 0.170 e. The van der Waals surface area contributed by atoms with Crippen molar-refractivity contribution in [3.63, 3.8) is 0 Å². The van der Waals surface area contributed by atoms with Crippen LogP contribution in [0, 0.1) is 0 Å². The number of likely N-dealkylation sites (tertiary alicyclic amines) is 1. The molecule has 21 heavy (non-hydrogen) atoms. The summed E-state index contributed by atoms with van der Waals surface area (Å²) in [6.45, 7) is 5.27. The highest BCUT2D eigenvalue weighted by Gasteiger charge is 2.18. The minimum atomic E-state index is -0.148. The van der Waals surface area contributed by atoms with Gasteiger partial charge in [-0.3, -0.25) is 4.90 Å². The summed E-state index contributed by atoms with van der Waals surface area (Å²) in [6, 6.07) is 8.02. The molecule has 1 saturated heterocycles. The first-order valence-corrected chi connectivity index (χ1v) is 7.64. The summed E-state index contributed by atoms with van der Waals surface area (Å²) in [5.41, 5.74) is 8.11. The van der Waals surface area contributed by atoms with Gasteiger partial charge in [-0.15, -0.1) is 0 Å². The highest BCUT2D eigenvalue weighted by Crippen LogP contribution is 2.16. The van der Waals surface area contributed by atoms with Crippen LogP contribution in [0.25, 0.3) is 0 Å². The molecule has 0 aliphatic carbocycles. The van der Waals surface area contributed by atoms with Gasteiger partial charge in [0.2, 0.25) is 0 Å². The number of benzene rings is 1. The quantitative estimate of drug-likeness (QED) is 0.362. The van der Waals surface area contributed by atoms with Crippen LogP contribution in [0.2, 0.25) is 0 Å². The van der Waals surface area contributed by atoms with E-state index < -0.39 is 0 Å². The zero-order chi connectivity index (χ0) is 15.1. The number of piperidine rings is 1. The van der Waals surface area contributed by atoms with E-state index in [4.69, 9.17) is 10.6 Å². The molecule has 0 amide bonds. The number of oxime groups is 1. The Morgan fingerprint density at radius 3 is 2.81 bits per heavy atom. The van der Waals surface area contributed by atoms with E-state index in [0.29, 0.717) is 12.4 Å². The Labute approximate surface area is 126 Å². The van der Waals surface area contributed by atoms with Crippen LogP contribution in [-0.2, 0) is 11.4 Å². The average Bonchev–Trinajstić information content (AvgIpc) is 2.50. The first-order valence-electron chi connectivity index (χ1n) is 7.64. The Hall–Kier alpha value is -1.59. The van der Waals surface area contributed by atoms with Crippen LogP contribution in [0.15, 0.2) is 29.4 Å². The number of amidine groups is 1. The Morgan fingerprint density at radius 1 is 1.38 bits per heavy atom. The summed E-state index contributed by atoms with van der Waals surface area (Å²) in [5.74, 6) is 0.427. The predicted molar refractivity (Wildman–Crippen MR) is 83.9 cm³/mol. The minimum Gasteiger partial charge on any atom is -0.394 e. The number of aliphatic hydroxyl groups excluding tert-OH is 1. The molecule has 3 N–H and O–H groups in total. The molecule has 1 aliphatic rings. The number of nitrogens with two attached hydrogens (primary N) is 1.